The van der Waals surface area contributed by atoms with Crippen LogP contribution in [-0.2, 0) is 9.84 Å². The Bertz CT molecular complexity index is 682. The van der Waals surface area contributed by atoms with Gasteiger partial charge in [0, 0.05) is 18.0 Å². The van der Waals surface area contributed by atoms with Crippen LogP contribution >= 0.6 is 0 Å². The number of hydrogen-bond donors (Lipinski definition) is 1. The third-order valence-corrected chi connectivity index (χ3v) is 3.61. The first-order valence-corrected chi connectivity index (χ1v) is 6.98. The van der Waals surface area contributed by atoms with Gasteiger partial charge >= 0.3 is 0 Å². The molecule has 4 nitrogen and oxygen atoms in total. The normalized spacial score (nSPS) is 11.4. The number of hydrogen-bond acceptors (Lipinski definition) is 4. The van der Waals surface area contributed by atoms with Crippen LogP contribution < -0.4 is 5.73 Å². The van der Waals surface area contributed by atoms with Crippen LogP contribution in [0.15, 0.2) is 41.4 Å². The molecule has 2 aromatic rings. The summed E-state index contributed by atoms with van der Waals surface area (Å²) in [6.45, 7) is 0. The summed E-state index contributed by atoms with van der Waals surface area (Å²) in [4.78, 5) is 3.93. The average molecular weight is 266 g/mol. The van der Waals surface area contributed by atoms with E-state index in [9.17, 15) is 12.8 Å². The van der Waals surface area contributed by atoms with Gasteiger partial charge in [-0.2, -0.15) is 0 Å². The molecule has 0 unspecified atom stereocenters. The molecule has 0 radical (unpaired) electrons. The molecule has 0 saturated carbocycles. The third kappa shape index (κ3) is 2.48. The number of benzene rings is 1. The third-order valence-electron chi connectivity index (χ3n) is 2.49. The van der Waals surface area contributed by atoms with E-state index in [1.165, 1.54) is 24.4 Å². The Hall–Kier alpha value is -1.95. The second-order valence-corrected chi connectivity index (χ2v) is 5.90. The van der Waals surface area contributed by atoms with Crippen LogP contribution in [0.4, 0.5) is 10.2 Å². The molecule has 0 aliphatic rings. The van der Waals surface area contributed by atoms with Gasteiger partial charge in [-0.25, -0.2) is 17.8 Å². The van der Waals surface area contributed by atoms with Gasteiger partial charge in [-0.05, 0) is 23.8 Å². The lowest BCUT2D eigenvalue weighted by Crippen LogP contribution is -1.97. The Balaban J connectivity index is 2.43. The zero-order valence-corrected chi connectivity index (χ0v) is 10.4. The molecule has 0 bridgehead atoms. The maximum atomic E-state index is 13.3. The lowest BCUT2D eigenvalue weighted by Gasteiger charge is -2.04. The van der Waals surface area contributed by atoms with E-state index in [1.807, 2.05) is 0 Å². The van der Waals surface area contributed by atoms with Gasteiger partial charge in [-0.1, -0.05) is 12.1 Å². The quantitative estimate of drug-likeness (QED) is 0.900. The molecule has 0 amide bonds. The minimum Gasteiger partial charge on any atom is -0.381 e. The van der Waals surface area contributed by atoms with Crippen LogP contribution in [0.3, 0.4) is 0 Å². The molecule has 1 aromatic heterocycles. The summed E-state index contributed by atoms with van der Waals surface area (Å²) in [5.41, 5.74) is 6.50. The van der Waals surface area contributed by atoms with Crippen LogP contribution in [0.5, 0.6) is 0 Å². The highest BCUT2D eigenvalue weighted by Gasteiger charge is 2.08. The Morgan fingerprint density at radius 3 is 2.28 bits per heavy atom. The monoisotopic (exact) mass is 266 g/mol. The van der Waals surface area contributed by atoms with Crippen molar-refractivity contribution < 1.29 is 12.8 Å². The Kier molecular flexibility index (Phi) is 3.04. The highest BCUT2D eigenvalue weighted by molar-refractivity contribution is 7.90. The SMILES string of the molecule is CS(=O)(=O)c1ccc(-c2cnc(N)c(F)c2)cc1. The van der Waals surface area contributed by atoms with Crippen LogP contribution in [0.1, 0.15) is 0 Å². The van der Waals surface area contributed by atoms with E-state index in [0.717, 1.165) is 6.26 Å². The maximum absolute atomic E-state index is 13.3. The van der Waals surface area contributed by atoms with Crippen LogP contribution in [0.2, 0.25) is 0 Å². The first-order chi connectivity index (χ1) is 8.38. The summed E-state index contributed by atoms with van der Waals surface area (Å²) in [5.74, 6) is -0.758. The molecule has 0 fully saturated rings. The molecule has 0 aliphatic carbocycles. The number of anilines is 1. The van der Waals surface area contributed by atoms with E-state index in [2.05, 4.69) is 4.98 Å². The fourth-order valence-corrected chi connectivity index (χ4v) is 2.13. The molecule has 1 aromatic carbocycles. The van der Waals surface area contributed by atoms with Gasteiger partial charge in [0.05, 0.1) is 4.90 Å². The van der Waals surface area contributed by atoms with Crippen molar-refractivity contribution in [1.82, 2.24) is 4.98 Å². The topological polar surface area (TPSA) is 73.0 Å². The van der Waals surface area contributed by atoms with E-state index in [4.69, 9.17) is 5.73 Å². The summed E-state index contributed by atoms with van der Waals surface area (Å²) in [6, 6.07) is 7.40. The molecule has 94 valence electrons. The van der Waals surface area contributed by atoms with Crippen molar-refractivity contribution in [3.8, 4) is 11.1 Å². The van der Waals surface area contributed by atoms with E-state index >= 15 is 0 Å². The zero-order valence-electron chi connectivity index (χ0n) is 9.59. The molecule has 18 heavy (non-hydrogen) atoms. The maximum Gasteiger partial charge on any atom is 0.175 e. The van der Waals surface area contributed by atoms with E-state index in [-0.39, 0.29) is 10.7 Å². The van der Waals surface area contributed by atoms with E-state index in [1.54, 1.807) is 12.1 Å². The molecule has 0 aliphatic heterocycles. The lowest BCUT2D eigenvalue weighted by atomic mass is 10.1. The fourth-order valence-electron chi connectivity index (χ4n) is 1.50. The lowest BCUT2D eigenvalue weighted by molar-refractivity contribution is 0.602. The predicted octanol–water partition coefficient (Wildman–Crippen LogP) is 1.87. The number of sulfone groups is 1. The average Bonchev–Trinajstić information content (AvgIpc) is 2.32. The minimum absolute atomic E-state index is 0.161. The standard InChI is InChI=1S/C12H11FN2O2S/c1-18(16,17)10-4-2-8(3-5-10)9-6-11(13)12(14)15-7-9/h2-7H,1H3,(H2,14,15). The van der Waals surface area contributed by atoms with Gasteiger partial charge in [0.25, 0.3) is 0 Å². The van der Waals surface area contributed by atoms with Gasteiger partial charge in [-0.15, -0.1) is 0 Å². The molecular formula is C12H11FN2O2S. The molecule has 2 rings (SSSR count). The van der Waals surface area contributed by atoms with Crippen molar-refractivity contribution >= 4 is 15.7 Å². The summed E-state index contributed by atoms with van der Waals surface area (Å²) in [7, 11) is -3.23. The number of nitrogens with two attached hydrogens (primary N) is 1. The van der Waals surface area contributed by atoms with Gasteiger partial charge in [0.2, 0.25) is 0 Å². The number of nitrogens with zero attached hydrogens (tertiary/aromatic N) is 1. The van der Waals surface area contributed by atoms with Gasteiger partial charge in [-0.3, -0.25) is 0 Å². The molecule has 0 saturated heterocycles. The summed E-state index contributed by atoms with van der Waals surface area (Å²) in [5, 5.41) is 0. The number of aromatic nitrogens is 1. The van der Waals surface area contributed by atoms with Crippen LogP contribution in [0.25, 0.3) is 11.1 Å². The van der Waals surface area contributed by atoms with Gasteiger partial charge in [0.1, 0.15) is 0 Å². The Morgan fingerprint density at radius 2 is 1.78 bits per heavy atom. The van der Waals surface area contributed by atoms with Crippen molar-refractivity contribution in [1.29, 1.82) is 0 Å². The van der Waals surface area contributed by atoms with Gasteiger partial charge < -0.3 is 5.73 Å². The number of halogens is 1. The molecule has 2 N–H and O–H groups in total. The fraction of sp³-hybridized carbons (Fsp3) is 0.0833. The molecule has 0 atom stereocenters. The van der Waals surface area contributed by atoms with Crippen LogP contribution in [-0.4, -0.2) is 19.7 Å². The molecule has 6 heteroatoms. The second kappa shape index (κ2) is 4.38. The zero-order chi connectivity index (χ0) is 13.3. The van der Waals surface area contributed by atoms with E-state index < -0.39 is 15.7 Å². The number of pyridine rings is 1. The summed E-state index contributed by atoms with van der Waals surface area (Å²) in [6.07, 6.45) is 2.57. The summed E-state index contributed by atoms with van der Waals surface area (Å²) >= 11 is 0. The predicted molar refractivity (Wildman–Crippen MR) is 67.2 cm³/mol. The van der Waals surface area contributed by atoms with Crippen molar-refractivity contribution in [2.24, 2.45) is 0 Å². The van der Waals surface area contributed by atoms with Crippen molar-refractivity contribution in [3.63, 3.8) is 0 Å². The molecule has 1 heterocycles. The largest absolute Gasteiger partial charge is 0.381 e. The second-order valence-electron chi connectivity index (χ2n) is 3.89. The number of nitrogen functional groups attached to an aromatic ring is 1. The first kappa shape index (κ1) is 12.5. The first-order valence-electron chi connectivity index (χ1n) is 5.09. The summed E-state index contributed by atoms with van der Waals surface area (Å²) < 4.78 is 35.8. The molecular weight excluding hydrogens is 255 g/mol. The van der Waals surface area contributed by atoms with Crippen LogP contribution in [0, 0.1) is 5.82 Å². The number of rotatable bonds is 2. The van der Waals surface area contributed by atoms with Gasteiger partial charge in [0.15, 0.2) is 21.5 Å². The Labute approximate surface area is 104 Å². The van der Waals surface area contributed by atoms with Crippen molar-refractivity contribution in [3.05, 3.63) is 42.3 Å². The molecule has 0 spiro atoms. The minimum atomic E-state index is -3.23. The van der Waals surface area contributed by atoms with Crippen molar-refractivity contribution in [2.45, 2.75) is 4.90 Å². The highest BCUT2D eigenvalue weighted by Crippen LogP contribution is 2.22. The smallest absolute Gasteiger partial charge is 0.175 e. The van der Waals surface area contributed by atoms with E-state index in [0.29, 0.717) is 11.1 Å². The highest BCUT2D eigenvalue weighted by atomic mass is 32.2. The Morgan fingerprint density at radius 1 is 1.17 bits per heavy atom. The van der Waals surface area contributed by atoms with Crippen molar-refractivity contribution in [2.75, 3.05) is 12.0 Å².